The number of benzene rings is 3. The molecule has 1 heterocycles. The molecule has 0 N–H and O–H groups in total. The molecule has 0 atom stereocenters. The molecule has 0 aliphatic carbocycles. The largest absolute Gasteiger partial charge is 0.497 e. The van der Waals surface area contributed by atoms with E-state index in [4.69, 9.17) is 9.47 Å². The van der Waals surface area contributed by atoms with Crippen LogP contribution >= 0.6 is 0 Å². The molecule has 1 aromatic heterocycles. The summed E-state index contributed by atoms with van der Waals surface area (Å²) in [5.74, 6) is 0.967. The molecule has 0 saturated heterocycles. The third kappa shape index (κ3) is 3.49. The molecule has 4 nitrogen and oxygen atoms in total. The Hall–Kier alpha value is -3.34. The van der Waals surface area contributed by atoms with Crippen molar-refractivity contribution in [1.82, 2.24) is 9.78 Å². The minimum absolute atomic E-state index is 0.167. The Morgan fingerprint density at radius 3 is 2.52 bits per heavy atom. The van der Waals surface area contributed by atoms with Gasteiger partial charge in [-0.1, -0.05) is 30.3 Å². The first-order chi connectivity index (χ1) is 13.1. The molecule has 0 spiro atoms. The Morgan fingerprint density at radius 2 is 1.78 bits per heavy atom. The molecule has 4 rings (SSSR count). The van der Waals surface area contributed by atoms with E-state index in [2.05, 4.69) is 5.10 Å². The molecule has 136 valence electrons. The van der Waals surface area contributed by atoms with E-state index in [9.17, 15) is 4.39 Å². The van der Waals surface area contributed by atoms with E-state index in [1.54, 1.807) is 13.2 Å². The number of para-hydroxylation sites is 1. The molecule has 5 heteroatoms. The first-order valence-corrected chi connectivity index (χ1v) is 8.66. The number of ether oxygens (including phenoxy) is 2. The maximum atomic E-state index is 14.2. The van der Waals surface area contributed by atoms with Crippen molar-refractivity contribution in [2.75, 3.05) is 7.11 Å². The fourth-order valence-corrected chi connectivity index (χ4v) is 2.99. The van der Waals surface area contributed by atoms with Crippen molar-refractivity contribution in [3.63, 3.8) is 0 Å². The van der Waals surface area contributed by atoms with Crippen molar-refractivity contribution in [1.29, 1.82) is 0 Å². The van der Waals surface area contributed by atoms with Gasteiger partial charge in [-0.15, -0.1) is 5.10 Å². The SMILES string of the molecule is COc1ccc(Cn2nc(Oc3ccc(C)cc3F)c3ccccc32)cc1. The van der Waals surface area contributed by atoms with Crippen molar-refractivity contribution in [2.24, 2.45) is 0 Å². The Kier molecular flexibility index (Phi) is 4.50. The van der Waals surface area contributed by atoms with E-state index in [0.29, 0.717) is 12.4 Å². The number of hydrogen-bond acceptors (Lipinski definition) is 3. The number of aromatic nitrogens is 2. The Morgan fingerprint density at radius 1 is 1.00 bits per heavy atom. The van der Waals surface area contributed by atoms with E-state index in [1.807, 2.05) is 66.2 Å². The Bertz CT molecular complexity index is 1090. The lowest BCUT2D eigenvalue weighted by molar-refractivity contribution is 0.414. The molecule has 0 unspecified atom stereocenters. The highest BCUT2D eigenvalue weighted by atomic mass is 19.1. The zero-order valence-corrected chi connectivity index (χ0v) is 15.1. The van der Waals surface area contributed by atoms with E-state index in [-0.39, 0.29) is 5.75 Å². The lowest BCUT2D eigenvalue weighted by Gasteiger charge is -2.06. The Balaban J connectivity index is 1.69. The lowest BCUT2D eigenvalue weighted by atomic mass is 10.2. The van der Waals surface area contributed by atoms with Gasteiger partial charge in [0.25, 0.3) is 0 Å². The monoisotopic (exact) mass is 362 g/mol. The second-order valence-corrected chi connectivity index (χ2v) is 6.36. The fraction of sp³-hybridized carbons (Fsp3) is 0.136. The number of fused-ring (bicyclic) bond motifs is 1. The first-order valence-electron chi connectivity index (χ1n) is 8.66. The molecular formula is C22H19FN2O2. The second-order valence-electron chi connectivity index (χ2n) is 6.36. The predicted octanol–water partition coefficient (Wildman–Crippen LogP) is 5.33. The topological polar surface area (TPSA) is 36.3 Å². The van der Waals surface area contributed by atoms with Crippen LogP contribution in [-0.2, 0) is 6.54 Å². The van der Waals surface area contributed by atoms with Crippen molar-refractivity contribution >= 4 is 10.9 Å². The van der Waals surface area contributed by atoms with E-state index in [1.165, 1.54) is 6.07 Å². The molecule has 0 fully saturated rings. The van der Waals surface area contributed by atoms with Gasteiger partial charge in [-0.05, 0) is 54.4 Å². The average molecular weight is 362 g/mol. The quantitative estimate of drug-likeness (QED) is 0.481. The number of methoxy groups -OCH3 is 1. The van der Waals surface area contributed by atoms with Crippen LogP contribution in [-0.4, -0.2) is 16.9 Å². The summed E-state index contributed by atoms with van der Waals surface area (Å²) in [6.07, 6.45) is 0. The predicted molar refractivity (Wildman–Crippen MR) is 103 cm³/mol. The minimum Gasteiger partial charge on any atom is -0.497 e. The maximum Gasteiger partial charge on any atom is 0.246 e. The van der Waals surface area contributed by atoms with Crippen molar-refractivity contribution in [3.8, 4) is 17.4 Å². The normalized spacial score (nSPS) is 10.9. The molecule has 0 radical (unpaired) electrons. The minimum atomic E-state index is -0.399. The summed E-state index contributed by atoms with van der Waals surface area (Å²) in [6.45, 7) is 2.41. The second kappa shape index (κ2) is 7.11. The molecule has 3 aromatic carbocycles. The van der Waals surface area contributed by atoms with Crippen LogP contribution in [0, 0.1) is 12.7 Å². The summed E-state index contributed by atoms with van der Waals surface area (Å²) in [6, 6.07) is 20.5. The molecule has 4 aromatic rings. The number of halogens is 1. The van der Waals surface area contributed by atoms with Crippen LogP contribution in [0.25, 0.3) is 10.9 Å². The highest BCUT2D eigenvalue weighted by Gasteiger charge is 2.14. The van der Waals surface area contributed by atoms with Crippen LogP contribution < -0.4 is 9.47 Å². The van der Waals surface area contributed by atoms with Gasteiger partial charge < -0.3 is 9.47 Å². The molecular weight excluding hydrogens is 343 g/mol. The van der Waals surface area contributed by atoms with E-state index >= 15 is 0 Å². The van der Waals surface area contributed by atoms with Gasteiger partial charge in [-0.2, -0.15) is 0 Å². The highest BCUT2D eigenvalue weighted by Crippen LogP contribution is 2.31. The van der Waals surface area contributed by atoms with Crippen molar-refractivity contribution in [3.05, 3.63) is 83.7 Å². The fourth-order valence-electron chi connectivity index (χ4n) is 2.99. The van der Waals surface area contributed by atoms with Crippen LogP contribution in [0.15, 0.2) is 66.7 Å². The molecule has 0 amide bonds. The van der Waals surface area contributed by atoms with Crippen LogP contribution in [0.3, 0.4) is 0 Å². The van der Waals surface area contributed by atoms with Gasteiger partial charge in [0.15, 0.2) is 11.6 Å². The van der Waals surface area contributed by atoms with Gasteiger partial charge >= 0.3 is 0 Å². The van der Waals surface area contributed by atoms with E-state index in [0.717, 1.165) is 27.8 Å². The molecule has 27 heavy (non-hydrogen) atoms. The molecule has 0 aliphatic heterocycles. The van der Waals surface area contributed by atoms with Gasteiger partial charge in [0.1, 0.15) is 5.75 Å². The summed E-state index contributed by atoms with van der Waals surface area (Å²) in [7, 11) is 1.64. The summed E-state index contributed by atoms with van der Waals surface area (Å²) < 4.78 is 27.1. The summed E-state index contributed by atoms with van der Waals surface area (Å²) >= 11 is 0. The van der Waals surface area contributed by atoms with Crippen LogP contribution in [0.5, 0.6) is 17.4 Å². The average Bonchev–Trinajstić information content (AvgIpc) is 3.02. The maximum absolute atomic E-state index is 14.2. The zero-order chi connectivity index (χ0) is 18.8. The molecule has 0 aliphatic rings. The van der Waals surface area contributed by atoms with Gasteiger partial charge in [-0.25, -0.2) is 4.39 Å². The summed E-state index contributed by atoms with van der Waals surface area (Å²) in [5.41, 5.74) is 2.85. The van der Waals surface area contributed by atoms with E-state index < -0.39 is 5.82 Å². The standard InChI is InChI=1S/C22H19FN2O2/c1-15-7-12-21(19(23)13-15)27-22-18-5-3-4-6-20(18)25(24-22)14-16-8-10-17(26-2)11-9-16/h3-13H,14H2,1-2H3. The van der Waals surface area contributed by atoms with Crippen LogP contribution in [0.2, 0.25) is 0 Å². The molecule has 0 saturated carbocycles. The third-order valence-electron chi connectivity index (χ3n) is 4.41. The summed E-state index contributed by atoms with van der Waals surface area (Å²) in [4.78, 5) is 0. The first kappa shape index (κ1) is 17.1. The van der Waals surface area contributed by atoms with Gasteiger partial charge in [0.05, 0.1) is 24.6 Å². The smallest absolute Gasteiger partial charge is 0.246 e. The highest BCUT2D eigenvalue weighted by molar-refractivity contribution is 5.84. The van der Waals surface area contributed by atoms with Gasteiger partial charge in [0, 0.05) is 0 Å². The number of nitrogens with zero attached hydrogens (tertiary/aromatic N) is 2. The van der Waals surface area contributed by atoms with Crippen molar-refractivity contribution < 1.29 is 13.9 Å². The number of aryl methyl sites for hydroxylation is 1. The van der Waals surface area contributed by atoms with Gasteiger partial charge in [0.2, 0.25) is 5.88 Å². The van der Waals surface area contributed by atoms with Gasteiger partial charge in [-0.3, -0.25) is 4.68 Å². The van der Waals surface area contributed by atoms with Crippen LogP contribution in [0.1, 0.15) is 11.1 Å². The third-order valence-corrected chi connectivity index (χ3v) is 4.41. The Labute approximate surface area is 156 Å². The van der Waals surface area contributed by atoms with Crippen molar-refractivity contribution in [2.45, 2.75) is 13.5 Å². The molecule has 0 bridgehead atoms. The number of rotatable bonds is 5. The van der Waals surface area contributed by atoms with Crippen LogP contribution in [0.4, 0.5) is 4.39 Å². The summed E-state index contributed by atoms with van der Waals surface area (Å²) in [5, 5.41) is 5.42. The number of hydrogen-bond donors (Lipinski definition) is 0. The lowest BCUT2D eigenvalue weighted by Crippen LogP contribution is -2.02. The zero-order valence-electron chi connectivity index (χ0n) is 15.1.